The normalized spacial score (nSPS) is 31.6. The van der Waals surface area contributed by atoms with Gasteiger partial charge < -0.3 is 10.6 Å². The molecule has 0 aliphatic carbocycles. The Morgan fingerprint density at radius 1 is 0.656 bits per heavy atom. The average molecular weight is 433 g/mol. The summed E-state index contributed by atoms with van der Waals surface area (Å²) in [5.74, 6) is 1.90. The Balaban J connectivity index is 0.000000135. The highest BCUT2D eigenvalue weighted by Crippen LogP contribution is 2.37. The molecule has 4 aliphatic heterocycles. The summed E-state index contributed by atoms with van der Waals surface area (Å²) in [5.41, 5.74) is 2.90. The smallest absolute Gasteiger partial charge is 0.0323 e. The Morgan fingerprint density at radius 3 is 1.44 bits per heavy atom. The molecule has 4 nitrogen and oxygen atoms in total. The van der Waals surface area contributed by atoms with Crippen LogP contribution in [0.2, 0.25) is 0 Å². The molecule has 4 fully saturated rings. The largest absolute Gasteiger partial charge is 0.315 e. The van der Waals surface area contributed by atoms with E-state index in [0.29, 0.717) is 12.1 Å². The summed E-state index contributed by atoms with van der Waals surface area (Å²) in [4.78, 5) is 5.29. The second kappa shape index (κ2) is 10.0. The third-order valence-corrected chi connectivity index (χ3v) is 8.48. The van der Waals surface area contributed by atoms with Crippen LogP contribution in [0.25, 0.3) is 0 Å². The molecule has 0 amide bonds. The predicted molar refractivity (Wildman–Crippen MR) is 133 cm³/mol. The Morgan fingerprint density at radius 2 is 1.06 bits per heavy atom. The number of nitrogens with one attached hydrogen (secondary N) is 2. The van der Waals surface area contributed by atoms with Crippen LogP contribution in [-0.4, -0.2) is 61.2 Å². The minimum atomic E-state index is 0.572. The number of fused-ring (bicyclic) bond motifs is 2. The fourth-order valence-electron chi connectivity index (χ4n) is 6.27. The van der Waals surface area contributed by atoms with Crippen molar-refractivity contribution < 1.29 is 0 Å². The van der Waals surface area contributed by atoms with E-state index in [-0.39, 0.29) is 0 Å². The average Bonchev–Trinajstić information content (AvgIpc) is 2.82. The number of benzene rings is 2. The Labute approximate surface area is 194 Å². The van der Waals surface area contributed by atoms with Gasteiger partial charge in [-0.3, -0.25) is 9.80 Å². The molecule has 172 valence electrons. The molecule has 0 radical (unpaired) electrons. The molecule has 2 N–H and O–H groups in total. The highest BCUT2D eigenvalue weighted by molar-refractivity contribution is 5.21. The van der Waals surface area contributed by atoms with Crippen molar-refractivity contribution in [2.75, 3.05) is 39.3 Å². The summed E-state index contributed by atoms with van der Waals surface area (Å²) in [6, 6.07) is 24.4. The molecule has 0 aromatic heterocycles. The van der Waals surface area contributed by atoms with Crippen LogP contribution in [0.15, 0.2) is 60.7 Å². The van der Waals surface area contributed by atoms with Crippen molar-refractivity contribution in [2.45, 2.75) is 50.9 Å². The van der Waals surface area contributed by atoms with Gasteiger partial charge in [-0.1, -0.05) is 60.7 Å². The minimum absolute atomic E-state index is 0.572. The predicted octanol–water partition coefficient (Wildman–Crippen LogP) is 4.08. The van der Waals surface area contributed by atoms with Gasteiger partial charge in [0.15, 0.2) is 0 Å². The van der Waals surface area contributed by atoms with Crippen LogP contribution < -0.4 is 10.6 Å². The molecule has 2 aromatic rings. The van der Waals surface area contributed by atoms with Crippen molar-refractivity contribution in [3.8, 4) is 0 Å². The molecule has 4 heterocycles. The van der Waals surface area contributed by atoms with Crippen molar-refractivity contribution in [2.24, 2.45) is 11.8 Å². The Kier molecular flexibility index (Phi) is 6.94. The van der Waals surface area contributed by atoms with Crippen LogP contribution >= 0.6 is 0 Å². The first kappa shape index (κ1) is 22.1. The van der Waals surface area contributed by atoms with Gasteiger partial charge >= 0.3 is 0 Å². The highest BCUT2D eigenvalue weighted by atomic mass is 15.3. The SMILES string of the molecule is CC(c1ccccc1)N1C[C@@H]2CCNC[C@@H]21.CC(c1ccccc1)N1C[C@H]2CCNC[C@H]21. The molecule has 6 atom stereocenters. The maximum atomic E-state index is 3.51. The first-order chi connectivity index (χ1) is 15.7. The summed E-state index contributed by atoms with van der Waals surface area (Å²) in [6.07, 6.45) is 2.73. The lowest BCUT2D eigenvalue weighted by Gasteiger charge is -2.53. The van der Waals surface area contributed by atoms with Gasteiger partial charge in [-0.15, -0.1) is 0 Å². The van der Waals surface area contributed by atoms with Crippen molar-refractivity contribution >= 4 is 0 Å². The molecule has 6 rings (SSSR count). The van der Waals surface area contributed by atoms with Gasteiger partial charge in [-0.2, -0.15) is 0 Å². The van der Waals surface area contributed by atoms with E-state index < -0.39 is 0 Å². The third kappa shape index (κ3) is 4.51. The van der Waals surface area contributed by atoms with E-state index in [0.717, 1.165) is 23.9 Å². The summed E-state index contributed by atoms with van der Waals surface area (Å²) in [7, 11) is 0. The first-order valence-electron chi connectivity index (χ1n) is 12.7. The minimum Gasteiger partial charge on any atom is -0.315 e. The van der Waals surface area contributed by atoms with Gasteiger partial charge in [0.25, 0.3) is 0 Å². The zero-order chi connectivity index (χ0) is 21.9. The zero-order valence-corrected chi connectivity index (χ0v) is 19.8. The number of piperidine rings is 2. The van der Waals surface area contributed by atoms with Gasteiger partial charge in [0, 0.05) is 50.3 Å². The van der Waals surface area contributed by atoms with Gasteiger partial charge in [0.05, 0.1) is 0 Å². The number of likely N-dealkylation sites (tertiary alicyclic amines) is 2. The lowest BCUT2D eigenvalue weighted by molar-refractivity contribution is -0.0345. The van der Waals surface area contributed by atoms with Crippen molar-refractivity contribution in [3.63, 3.8) is 0 Å². The maximum absolute atomic E-state index is 3.51. The monoisotopic (exact) mass is 432 g/mol. The zero-order valence-electron chi connectivity index (χ0n) is 19.8. The Bertz CT molecular complexity index is 770. The molecule has 2 unspecified atom stereocenters. The third-order valence-electron chi connectivity index (χ3n) is 8.48. The maximum Gasteiger partial charge on any atom is 0.0323 e. The van der Waals surface area contributed by atoms with Crippen LogP contribution in [0.5, 0.6) is 0 Å². The summed E-state index contributed by atoms with van der Waals surface area (Å²) < 4.78 is 0. The molecule has 0 saturated carbocycles. The van der Waals surface area contributed by atoms with Crippen LogP contribution in [0, 0.1) is 11.8 Å². The van der Waals surface area contributed by atoms with E-state index >= 15 is 0 Å². The van der Waals surface area contributed by atoms with E-state index in [1.165, 1.54) is 63.2 Å². The lowest BCUT2D eigenvalue weighted by Crippen LogP contribution is -2.63. The highest BCUT2D eigenvalue weighted by Gasteiger charge is 2.43. The lowest BCUT2D eigenvalue weighted by atomic mass is 9.81. The fraction of sp³-hybridized carbons (Fsp3) is 0.571. The van der Waals surface area contributed by atoms with Gasteiger partial charge in [-0.25, -0.2) is 0 Å². The van der Waals surface area contributed by atoms with Gasteiger partial charge in [0.1, 0.15) is 0 Å². The van der Waals surface area contributed by atoms with E-state index in [1.807, 2.05) is 0 Å². The molecule has 32 heavy (non-hydrogen) atoms. The van der Waals surface area contributed by atoms with Crippen molar-refractivity contribution in [1.29, 1.82) is 0 Å². The fourth-order valence-corrected chi connectivity index (χ4v) is 6.27. The number of hydrogen-bond acceptors (Lipinski definition) is 4. The topological polar surface area (TPSA) is 30.5 Å². The van der Waals surface area contributed by atoms with Crippen molar-refractivity contribution in [1.82, 2.24) is 20.4 Å². The second-order valence-corrected chi connectivity index (χ2v) is 10.2. The van der Waals surface area contributed by atoms with E-state index in [9.17, 15) is 0 Å². The number of rotatable bonds is 4. The molecular weight excluding hydrogens is 392 g/mol. The van der Waals surface area contributed by atoms with Crippen LogP contribution in [0.4, 0.5) is 0 Å². The van der Waals surface area contributed by atoms with Crippen LogP contribution in [0.3, 0.4) is 0 Å². The van der Waals surface area contributed by atoms with Gasteiger partial charge in [0.2, 0.25) is 0 Å². The summed E-state index contributed by atoms with van der Waals surface area (Å²) >= 11 is 0. The van der Waals surface area contributed by atoms with Crippen molar-refractivity contribution in [3.05, 3.63) is 71.8 Å². The first-order valence-corrected chi connectivity index (χ1v) is 12.7. The summed E-state index contributed by atoms with van der Waals surface area (Å²) in [5, 5.41) is 7.02. The Hall–Kier alpha value is -1.72. The number of hydrogen-bond donors (Lipinski definition) is 2. The van der Waals surface area contributed by atoms with Crippen LogP contribution in [0.1, 0.15) is 49.9 Å². The van der Waals surface area contributed by atoms with E-state index in [2.05, 4.69) is 94.9 Å². The molecule has 4 heteroatoms. The molecule has 4 aliphatic rings. The summed E-state index contributed by atoms with van der Waals surface area (Å²) in [6.45, 7) is 12.1. The van der Waals surface area contributed by atoms with E-state index in [4.69, 9.17) is 0 Å². The molecule has 0 bridgehead atoms. The molecular formula is C28H40N4. The standard InChI is InChI=1S/2C14H20N2/c2*1-11(12-5-3-2-4-6-12)16-10-13-7-8-15-9-14(13)16/h2*2-6,11,13-15H,7-10H2,1H3/t2*11?,13-,14-/m10/s1. The van der Waals surface area contributed by atoms with E-state index in [1.54, 1.807) is 0 Å². The van der Waals surface area contributed by atoms with Gasteiger partial charge in [-0.05, 0) is 62.7 Å². The quantitative estimate of drug-likeness (QED) is 0.762. The molecule has 2 aromatic carbocycles. The number of nitrogens with zero attached hydrogens (tertiary/aromatic N) is 2. The molecule has 4 saturated heterocycles. The molecule has 0 spiro atoms. The second-order valence-electron chi connectivity index (χ2n) is 10.2. The van der Waals surface area contributed by atoms with Crippen LogP contribution in [-0.2, 0) is 0 Å².